The number of nitrogen functional groups attached to an aromatic ring is 1. The van der Waals surface area contributed by atoms with Crippen LogP contribution in [0, 0.1) is 0 Å². The number of carbonyl (C=O) groups excluding carboxylic acids is 3. The normalized spacial score (nSPS) is 34.8. The Hall–Kier alpha value is -3.94. The third kappa shape index (κ3) is 6.28. The van der Waals surface area contributed by atoms with Crippen LogP contribution in [0.2, 0.25) is 0 Å². The summed E-state index contributed by atoms with van der Waals surface area (Å²) < 4.78 is 60.6. The highest BCUT2D eigenvalue weighted by molar-refractivity contribution is 7.61. The number of nitrogens with two attached hydrogens (primary N) is 2. The minimum absolute atomic E-state index is 0.00523. The number of fused-ring (bicyclic) bond motifs is 2. The second kappa shape index (κ2) is 12.7. The molecule has 25 nitrogen and oxygen atoms in total. The number of aliphatic hydroxyl groups excluding tert-OH is 3. The van der Waals surface area contributed by atoms with Crippen LogP contribution in [0.25, 0.3) is 11.2 Å². The summed E-state index contributed by atoms with van der Waals surface area (Å²) in [6.45, 7) is -2.62. The second-order valence-corrected chi connectivity index (χ2v) is 14.0. The van der Waals surface area contributed by atoms with Gasteiger partial charge in [-0.05, 0) is 6.42 Å². The third-order valence-electron chi connectivity index (χ3n) is 7.76. The number of rotatable bonds is 11. The maximum Gasteiger partial charge on any atom is 0.481 e. The van der Waals surface area contributed by atoms with E-state index < -0.39 is 95.2 Å². The first kappa shape index (κ1) is 35.9. The Kier molecular flexibility index (Phi) is 9.10. The van der Waals surface area contributed by atoms with E-state index in [1.807, 2.05) is 0 Å². The molecule has 2 unspecified atom stereocenters. The Morgan fingerprint density at radius 2 is 1.74 bits per heavy atom. The summed E-state index contributed by atoms with van der Waals surface area (Å²) in [6.07, 6.45) is -4.08. The molecular formula is C23H27N7O18P2. The van der Waals surface area contributed by atoms with Gasteiger partial charge < -0.3 is 65.5 Å². The fourth-order valence-electron chi connectivity index (χ4n) is 5.33. The monoisotopic (exact) mass is 751 g/mol. The fraction of sp³-hybridized carbons (Fsp3) is 0.478. The molecule has 0 radical (unpaired) electrons. The first-order chi connectivity index (χ1) is 23.4. The second-order valence-electron chi connectivity index (χ2n) is 11.0. The molecule has 6 rings (SSSR count). The predicted octanol–water partition coefficient (Wildman–Crippen LogP) is -3.93. The topological polar surface area (TPSA) is 370 Å². The van der Waals surface area contributed by atoms with Crippen molar-refractivity contribution in [3.8, 4) is 0 Å². The number of hydrogen-bond donors (Lipinski definition) is 8. The highest BCUT2D eigenvalue weighted by atomic mass is 31.3. The molecule has 4 aliphatic rings. The van der Waals surface area contributed by atoms with Crippen LogP contribution >= 0.6 is 15.6 Å². The molecule has 272 valence electrons. The van der Waals surface area contributed by atoms with Crippen LogP contribution in [0.4, 0.5) is 5.82 Å². The van der Waals surface area contributed by atoms with Gasteiger partial charge in [0, 0.05) is 18.0 Å². The smallest absolute Gasteiger partial charge is 0.414 e. The average Bonchev–Trinajstić information content (AvgIpc) is 3.67. The number of imidazole rings is 1. The molecule has 6 heterocycles. The fourth-order valence-corrected chi connectivity index (χ4v) is 7.42. The summed E-state index contributed by atoms with van der Waals surface area (Å²) in [5.74, 6) is -11.0. The number of aliphatic hydroxyl groups is 4. The Morgan fingerprint density at radius 3 is 2.46 bits per heavy atom. The molecule has 3 saturated heterocycles. The van der Waals surface area contributed by atoms with Gasteiger partial charge in [-0.25, -0.2) is 33.7 Å². The maximum absolute atomic E-state index is 12.8. The van der Waals surface area contributed by atoms with Crippen LogP contribution in [-0.4, -0.2) is 128 Å². The van der Waals surface area contributed by atoms with E-state index in [0.29, 0.717) is 0 Å². The largest absolute Gasteiger partial charge is 0.481 e. The molecule has 10 N–H and O–H groups in total. The zero-order valence-corrected chi connectivity index (χ0v) is 26.6. The van der Waals surface area contributed by atoms with Crippen molar-refractivity contribution in [1.82, 2.24) is 24.4 Å². The van der Waals surface area contributed by atoms with Crippen molar-refractivity contribution in [2.45, 2.75) is 54.9 Å². The summed E-state index contributed by atoms with van der Waals surface area (Å²) in [7, 11) is -11.4. The molecule has 2 aromatic rings. The molecule has 0 spiro atoms. The van der Waals surface area contributed by atoms with Gasteiger partial charge in [-0.3, -0.25) is 18.4 Å². The van der Waals surface area contributed by atoms with Gasteiger partial charge in [0.25, 0.3) is 0 Å². The lowest BCUT2D eigenvalue weighted by atomic mass is 10.0. The number of primary amides is 1. The van der Waals surface area contributed by atoms with Crippen LogP contribution < -0.4 is 11.5 Å². The minimum atomic E-state index is -5.80. The van der Waals surface area contributed by atoms with E-state index in [2.05, 4.69) is 28.3 Å². The van der Waals surface area contributed by atoms with E-state index in [9.17, 15) is 53.7 Å². The summed E-state index contributed by atoms with van der Waals surface area (Å²) in [6, 6.07) is 0. The molecule has 1 amide bonds. The molecule has 50 heavy (non-hydrogen) atoms. The van der Waals surface area contributed by atoms with Crippen molar-refractivity contribution in [3.63, 3.8) is 0 Å². The maximum atomic E-state index is 12.8. The van der Waals surface area contributed by atoms with E-state index >= 15 is 0 Å². The van der Waals surface area contributed by atoms with E-state index in [4.69, 9.17) is 30.4 Å². The SMILES string of the molecule is NC(=O)C1=CN([C@@H]2O[C@H](COP(=O)(O)OP(=O)(O)OC[C@@]34OC(=O)C(=O)O[C@@]3(O)[C@H](O)[C@H](n3cnc5c(N)ncnc53)O4)[C@@H](O)[C@H]2O)C=CC1. The number of anilines is 1. The standard InChI is InChI=1S/C23H27N7O18P2/c24-15-11-17(27-7-26-15)30(8-28-11)19-14(33)23(37)22(45-19,46-20(35)21(36)47-23)6-43-50(40,41)48-49(38,39)42-5-10-12(31)13(32)18(44-10)29-3-1-2-9(4-29)16(25)34/h1,3-4,7-8,10,12-14,18-19,31-33,37H,2,5-6H2,(H2,25,34)(H,38,39)(H,40,41)(H2,24,26,27)/t10-,12-,13-,14-,18-,19-,22-,23+/m1/s1. The molecule has 27 heteroatoms. The van der Waals surface area contributed by atoms with Crippen LogP contribution in [0.5, 0.6) is 0 Å². The Labute approximate surface area is 277 Å². The number of phosphoric acid groups is 2. The first-order valence-electron chi connectivity index (χ1n) is 14.0. The minimum Gasteiger partial charge on any atom is -0.414 e. The first-order valence-corrected chi connectivity index (χ1v) is 17.0. The van der Waals surface area contributed by atoms with Crippen molar-refractivity contribution in [2.24, 2.45) is 5.73 Å². The number of amides is 1. The predicted molar refractivity (Wildman–Crippen MR) is 152 cm³/mol. The molecule has 0 aliphatic carbocycles. The molecule has 0 aromatic carbocycles. The summed E-state index contributed by atoms with van der Waals surface area (Å²) >= 11 is 0. The van der Waals surface area contributed by atoms with Crippen LogP contribution in [-0.2, 0) is 55.8 Å². The van der Waals surface area contributed by atoms with Gasteiger partial charge >= 0.3 is 39.2 Å². The molecule has 0 bridgehead atoms. The lowest BCUT2D eigenvalue weighted by Gasteiger charge is -2.41. The van der Waals surface area contributed by atoms with Crippen LogP contribution in [0.3, 0.4) is 0 Å². The summed E-state index contributed by atoms with van der Waals surface area (Å²) in [5, 5.41) is 43.1. The van der Waals surface area contributed by atoms with Crippen molar-refractivity contribution in [2.75, 3.05) is 18.9 Å². The molecule has 3 fully saturated rings. The van der Waals surface area contributed by atoms with Crippen molar-refractivity contribution in [1.29, 1.82) is 0 Å². The zero-order chi connectivity index (χ0) is 36.4. The Bertz CT molecular complexity index is 1890. The third-order valence-corrected chi connectivity index (χ3v) is 10.3. The van der Waals surface area contributed by atoms with E-state index in [1.165, 1.54) is 23.4 Å². The van der Waals surface area contributed by atoms with Gasteiger partial charge in [-0.1, -0.05) is 6.08 Å². The molecule has 0 saturated carbocycles. The molecule has 10 atom stereocenters. The molecular weight excluding hydrogens is 724 g/mol. The van der Waals surface area contributed by atoms with Gasteiger partial charge in [0.1, 0.15) is 36.8 Å². The summed E-state index contributed by atoms with van der Waals surface area (Å²) in [5.41, 5.74) is 11.1. The molecule has 4 aliphatic heterocycles. The van der Waals surface area contributed by atoms with Gasteiger partial charge in [0.2, 0.25) is 5.91 Å². The lowest BCUT2D eigenvalue weighted by molar-refractivity contribution is -0.372. The van der Waals surface area contributed by atoms with E-state index in [-0.39, 0.29) is 29.0 Å². The lowest BCUT2D eigenvalue weighted by Crippen LogP contribution is -2.67. The highest BCUT2D eigenvalue weighted by Crippen LogP contribution is 2.62. The van der Waals surface area contributed by atoms with Gasteiger partial charge in [0.05, 0.1) is 12.9 Å². The average molecular weight is 751 g/mol. The number of ether oxygens (including phenoxy) is 4. The Balaban J connectivity index is 1.14. The van der Waals surface area contributed by atoms with Gasteiger partial charge in [0.15, 0.2) is 30.0 Å². The van der Waals surface area contributed by atoms with E-state index in [1.54, 1.807) is 0 Å². The summed E-state index contributed by atoms with van der Waals surface area (Å²) in [4.78, 5) is 69.1. The van der Waals surface area contributed by atoms with Crippen LogP contribution in [0.15, 0.2) is 36.7 Å². The van der Waals surface area contributed by atoms with Crippen molar-refractivity contribution in [3.05, 3.63) is 36.7 Å². The highest BCUT2D eigenvalue weighted by Gasteiger charge is 2.75. The quantitative estimate of drug-likeness (QED) is 0.0617. The van der Waals surface area contributed by atoms with Crippen molar-refractivity contribution >= 4 is 50.5 Å². The molecule has 2 aromatic heterocycles. The number of esters is 2. The number of aromatic nitrogens is 4. The number of phosphoric ester groups is 2. The number of hydrogen-bond acceptors (Lipinski definition) is 21. The number of allylic oxidation sites excluding steroid dienone is 1. The Morgan fingerprint density at radius 1 is 1.04 bits per heavy atom. The van der Waals surface area contributed by atoms with E-state index in [0.717, 1.165) is 17.2 Å². The number of nitrogens with zero attached hydrogens (tertiary/aromatic N) is 5. The zero-order valence-electron chi connectivity index (χ0n) is 24.8. The number of carbonyl (C=O) groups is 3. The van der Waals surface area contributed by atoms with Crippen molar-refractivity contribution < 1.29 is 86.0 Å². The van der Waals surface area contributed by atoms with Gasteiger partial charge in [-0.15, -0.1) is 0 Å². The van der Waals surface area contributed by atoms with Crippen LogP contribution in [0.1, 0.15) is 12.6 Å². The van der Waals surface area contributed by atoms with Gasteiger partial charge in [-0.2, -0.15) is 4.31 Å².